The van der Waals surface area contributed by atoms with Crippen LogP contribution in [0.4, 0.5) is 20.6 Å². The second-order valence-electron chi connectivity index (χ2n) is 9.09. The Kier molecular flexibility index (Phi) is 5.70. The Labute approximate surface area is 209 Å². The summed E-state index contributed by atoms with van der Waals surface area (Å²) in [5, 5.41) is 17.6. The molecule has 1 aromatic heterocycles. The lowest BCUT2D eigenvalue weighted by atomic mass is 10.0. The summed E-state index contributed by atoms with van der Waals surface area (Å²) in [5.74, 6) is -0.121. The van der Waals surface area contributed by atoms with Gasteiger partial charge in [-0.25, -0.2) is 9.18 Å². The highest BCUT2D eigenvalue weighted by molar-refractivity contribution is 8.00. The van der Waals surface area contributed by atoms with Crippen molar-refractivity contribution in [3.05, 3.63) is 64.2 Å². The molecular weight excluding hydrogens is 487 g/mol. The van der Waals surface area contributed by atoms with Crippen molar-refractivity contribution >= 4 is 46.0 Å². The molecule has 0 unspecified atom stereocenters. The van der Waals surface area contributed by atoms with Crippen molar-refractivity contribution in [3.8, 4) is 0 Å². The zero-order chi connectivity index (χ0) is 25.0. The lowest BCUT2D eigenvalue weighted by Gasteiger charge is -2.20. The highest BCUT2D eigenvalue weighted by Crippen LogP contribution is 2.36. The normalized spacial score (nSPS) is 21.4. The van der Waals surface area contributed by atoms with Crippen LogP contribution in [0.5, 0.6) is 0 Å². The number of halogens is 1. The molecule has 1 saturated heterocycles. The summed E-state index contributed by atoms with van der Waals surface area (Å²) in [5.41, 5.74) is 2.09. The van der Waals surface area contributed by atoms with Gasteiger partial charge in [0.2, 0.25) is 5.91 Å². The predicted octanol–water partition coefficient (Wildman–Crippen LogP) is 2.61. The number of hydrogen-bond acceptors (Lipinski definition) is 7. The third-order valence-corrected chi connectivity index (χ3v) is 7.93. The number of pyridine rings is 1. The number of aromatic nitrogens is 1. The van der Waals surface area contributed by atoms with Crippen LogP contribution in [0, 0.1) is 5.82 Å². The SMILES string of the molecule is O=C1CSc2ccc(N3C[C@H]([C@@H](O)CCN[C@@H]4Cn5c(=O)ccc6ccc(F)c4c65)OC3=O)cc2N1. The molecule has 0 saturated carbocycles. The van der Waals surface area contributed by atoms with Gasteiger partial charge in [-0.1, -0.05) is 0 Å². The van der Waals surface area contributed by atoms with E-state index in [9.17, 15) is 23.9 Å². The Hall–Kier alpha value is -3.41. The lowest BCUT2D eigenvalue weighted by molar-refractivity contribution is -0.113. The van der Waals surface area contributed by atoms with E-state index in [-0.39, 0.29) is 30.2 Å². The summed E-state index contributed by atoms with van der Waals surface area (Å²) in [4.78, 5) is 38.9. The number of hydrogen-bond donors (Lipinski definition) is 3. The fourth-order valence-electron chi connectivity index (χ4n) is 5.08. The fraction of sp³-hybridized carbons (Fsp3) is 0.320. The molecule has 36 heavy (non-hydrogen) atoms. The van der Waals surface area contributed by atoms with Crippen LogP contribution in [0.1, 0.15) is 18.0 Å². The average molecular weight is 511 g/mol. The molecule has 1 fully saturated rings. The summed E-state index contributed by atoms with van der Waals surface area (Å²) in [6.07, 6.45) is -1.97. The van der Waals surface area contributed by atoms with E-state index in [1.165, 1.54) is 28.8 Å². The molecule has 9 nitrogen and oxygen atoms in total. The summed E-state index contributed by atoms with van der Waals surface area (Å²) in [6.45, 7) is 0.806. The maximum absolute atomic E-state index is 14.6. The van der Waals surface area contributed by atoms with Gasteiger partial charge >= 0.3 is 6.09 Å². The molecule has 0 spiro atoms. The first-order valence-corrected chi connectivity index (χ1v) is 12.7. The van der Waals surface area contributed by atoms with Crippen LogP contribution in [0.15, 0.2) is 52.2 Å². The van der Waals surface area contributed by atoms with Crippen LogP contribution >= 0.6 is 11.8 Å². The zero-order valence-electron chi connectivity index (χ0n) is 19.1. The molecule has 2 aromatic carbocycles. The second-order valence-corrected chi connectivity index (χ2v) is 10.1. The minimum Gasteiger partial charge on any atom is -0.441 e. The number of ether oxygens (including phenoxy) is 1. The Balaban J connectivity index is 1.09. The van der Waals surface area contributed by atoms with Crippen LogP contribution in [-0.2, 0) is 16.1 Å². The van der Waals surface area contributed by atoms with Gasteiger partial charge in [0.25, 0.3) is 5.56 Å². The minimum absolute atomic E-state index is 0.0965. The van der Waals surface area contributed by atoms with Gasteiger partial charge in [0.15, 0.2) is 0 Å². The van der Waals surface area contributed by atoms with Gasteiger partial charge < -0.3 is 25.0 Å². The van der Waals surface area contributed by atoms with Crippen LogP contribution in [0.2, 0.25) is 0 Å². The van der Waals surface area contributed by atoms with Gasteiger partial charge in [0.05, 0.1) is 35.6 Å². The van der Waals surface area contributed by atoms with Crippen molar-refractivity contribution < 1.29 is 23.8 Å². The summed E-state index contributed by atoms with van der Waals surface area (Å²) >= 11 is 1.43. The van der Waals surface area contributed by atoms with E-state index in [4.69, 9.17) is 4.74 Å². The molecule has 6 rings (SSSR count). The van der Waals surface area contributed by atoms with Crippen LogP contribution in [-0.4, -0.2) is 52.7 Å². The molecule has 11 heteroatoms. The molecule has 0 bridgehead atoms. The topological polar surface area (TPSA) is 113 Å². The first kappa shape index (κ1) is 23.0. The highest BCUT2D eigenvalue weighted by atomic mass is 32.2. The minimum atomic E-state index is -0.938. The highest BCUT2D eigenvalue weighted by Gasteiger charge is 2.37. The molecule has 186 valence electrons. The predicted molar refractivity (Wildman–Crippen MR) is 133 cm³/mol. The summed E-state index contributed by atoms with van der Waals surface area (Å²) < 4.78 is 21.6. The van der Waals surface area contributed by atoms with E-state index < -0.39 is 24.3 Å². The molecule has 0 radical (unpaired) electrons. The number of cyclic esters (lactones) is 1. The number of nitrogens with zero attached hydrogens (tertiary/aromatic N) is 2. The smallest absolute Gasteiger partial charge is 0.414 e. The van der Waals surface area contributed by atoms with E-state index in [2.05, 4.69) is 10.6 Å². The van der Waals surface area contributed by atoms with E-state index in [1.807, 2.05) is 6.07 Å². The van der Waals surface area contributed by atoms with Crippen molar-refractivity contribution in [3.63, 3.8) is 0 Å². The van der Waals surface area contributed by atoms with Gasteiger partial charge in [-0.2, -0.15) is 0 Å². The molecule has 3 aliphatic rings. The zero-order valence-corrected chi connectivity index (χ0v) is 19.9. The van der Waals surface area contributed by atoms with E-state index in [0.29, 0.717) is 41.3 Å². The Bertz CT molecular complexity index is 1460. The number of carbonyl (C=O) groups is 2. The first-order valence-electron chi connectivity index (χ1n) is 11.7. The number of thioether (sulfide) groups is 1. The average Bonchev–Trinajstić information content (AvgIpc) is 3.45. The molecule has 2 amide bonds. The molecule has 3 aromatic rings. The summed E-state index contributed by atoms with van der Waals surface area (Å²) in [7, 11) is 0. The number of carbonyl (C=O) groups excluding carboxylic acids is 2. The molecule has 3 aliphatic heterocycles. The van der Waals surface area contributed by atoms with Crippen molar-refractivity contribution in [1.29, 1.82) is 0 Å². The number of aliphatic hydroxyl groups is 1. The van der Waals surface area contributed by atoms with Crippen molar-refractivity contribution in [2.75, 3.05) is 29.1 Å². The van der Waals surface area contributed by atoms with E-state index in [0.717, 1.165) is 10.3 Å². The Morgan fingerprint density at radius 2 is 2.00 bits per heavy atom. The molecular formula is C25H23FN4O5S. The number of rotatable bonds is 6. The number of amides is 2. The van der Waals surface area contributed by atoms with E-state index in [1.54, 1.807) is 28.8 Å². The quantitative estimate of drug-likeness (QED) is 0.467. The molecule has 3 atom stereocenters. The molecule has 3 N–H and O–H groups in total. The molecule has 0 aliphatic carbocycles. The largest absolute Gasteiger partial charge is 0.441 e. The Morgan fingerprint density at radius 1 is 1.17 bits per heavy atom. The van der Waals surface area contributed by atoms with Crippen molar-refractivity contribution in [2.45, 2.75) is 36.1 Å². The fourth-order valence-corrected chi connectivity index (χ4v) is 5.87. The van der Waals surface area contributed by atoms with Crippen LogP contribution in [0.25, 0.3) is 10.9 Å². The van der Waals surface area contributed by atoms with Gasteiger partial charge in [-0.05, 0) is 54.8 Å². The van der Waals surface area contributed by atoms with Crippen LogP contribution in [0.3, 0.4) is 0 Å². The number of anilines is 2. The van der Waals surface area contributed by atoms with E-state index >= 15 is 0 Å². The number of nitrogens with one attached hydrogen (secondary N) is 2. The first-order chi connectivity index (χ1) is 17.4. The van der Waals surface area contributed by atoms with Crippen LogP contribution < -0.4 is 21.1 Å². The van der Waals surface area contributed by atoms with Gasteiger partial charge in [-0.15, -0.1) is 11.8 Å². The van der Waals surface area contributed by atoms with Crippen molar-refractivity contribution in [1.82, 2.24) is 9.88 Å². The van der Waals surface area contributed by atoms with Gasteiger partial charge in [0.1, 0.15) is 11.9 Å². The van der Waals surface area contributed by atoms with Gasteiger partial charge in [-0.3, -0.25) is 14.5 Å². The second kappa shape index (κ2) is 8.91. The monoisotopic (exact) mass is 510 g/mol. The maximum atomic E-state index is 14.6. The lowest BCUT2D eigenvalue weighted by Crippen LogP contribution is -2.34. The number of fused-ring (bicyclic) bond motifs is 1. The van der Waals surface area contributed by atoms with Gasteiger partial charge in [0, 0.05) is 28.8 Å². The third kappa shape index (κ3) is 3.93. The number of benzene rings is 2. The maximum Gasteiger partial charge on any atom is 0.414 e. The number of aliphatic hydroxyl groups excluding tert-OH is 1. The Morgan fingerprint density at radius 3 is 2.86 bits per heavy atom. The van der Waals surface area contributed by atoms with Crippen molar-refractivity contribution in [2.24, 2.45) is 0 Å². The molecule has 4 heterocycles. The third-order valence-electron chi connectivity index (χ3n) is 6.85. The standard InChI is InChI=1S/C25H23FN4O5S/c26-15-4-1-13-2-6-22(33)30-10-17(23(15)24(13)30)27-8-7-18(31)19-11-29(25(34)35-19)14-3-5-20-16(9-14)28-21(32)12-36-20/h1-6,9,17-19,27,31H,7-8,10-12H2,(H,28,32)/t17-,18+,19-/m1/s1. The summed E-state index contributed by atoms with van der Waals surface area (Å²) in [6, 6.07) is 11.2.